The van der Waals surface area contributed by atoms with Gasteiger partial charge in [-0.2, -0.15) is 0 Å². The Labute approximate surface area is 154 Å². The number of sulfonamides is 1. The number of aryl methyl sites for hydroxylation is 2. The Morgan fingerprint density at radius 3 is 2.31 bits per heavy atom. The molecule has 0 saturated heterocycles. The fourth-order valence-electron chi connectivity index (χ4n) is 3.39. The minimum Gasteiger partial charge on any atom is -0.322 e. The molecule has 0 aromatic heterocycles. The summed E-state index contributed by atoms with van der Waals surface area (Å²) in [5.74, 6) is -0.326. The number of anilines is 1. The molecule has 0 unspecified atom stereocenters. The van der Waals surface area contributed by atoms with Crippen LogP contribution in [0.15, 0.2) is 47.4 Å². The highest BCUT2D eigenvalue weighted by molar-refractivity contribution is 7.89. The van der Waals surface area contributed by atoms with Crippen LogP contribution in [0.5, 0.6) is 0 Å². The molecule has 6 heteroatoms. The van der Waals surface area contributed by atoms with Gasteiger partial charge in [0.1, 0.15) is 0 Å². The molecule has 2 N–H and O–H groups in total. The molecule has 1 aliphatic rings. The van der Waals surface area contributed by atoms with E-state index in [-0.39, 0.29) is 16.8 Å². The molecule has 1 aliphatic carbocycles. The summed E-state index contributed by atoms with van der Waals surface area (Å²) in [5, 5.41) is 2.84. The molecule has 26 heavy (non-hydrogen) atoms. The highest BCUT2D eigenvalue weighted by Crippen LogP contribution is 2.21. The highest BCUT2D eigenvalue weighted by Gasteiger charge is 2.23. The molecule has 0 atom stereocenters. The van der Waals surface area contributed by atoms with Crippen LogP contribution in [0.4, 0.5) is 5.69 Å². The minimum absolute atomic E-state index is 0.00671. The summed E-state index contributed by atoms with van der Waals surface area (Å²) in [6.45, 7) is 3.93. The van der Waals surface area contributed by atoms with Gasteiger partial charge in [0, 0.05) is 17.3 Å². The molecule has 0 spiro atoms. The first kappa shape index (κ1) is 18.6. The first-order valence-electron chi connectivity index (χ1n) is 8.85. The van der Waals surface area contributed by atoms with Gasteiger partial charge >= 0.3 is 0 Å². The molecule has 2 aromatic carbocycles. The van der Waals surface area contributed by atoms with Crippen molar-refractivity contribution in [1.29, 1.82) is 0 Å². The second kappa shape index (κ2) is 7.60. The zero-order valence-corrected chi connectivity index (χ0v) is 15.9. The number of hydrogen-bond acceptors (Lipinski definition) is 3. The lowest BCUT2D eigenvalue weighted by Gasteiger charge is -2.13. The number of carbonyl (C=O) groups is 1. The molecule has 138 valence electrons. The summed E-state index contributed by atoms with van der Waals surface area (Å²) >= 11 is 0. The largest absolute Gasteiger partial charge is 0.322 e. The number of nitrogens with one attached hydrogen (secondary N) is 2. The summed E-state index contributed by atoms with van der Waals surface area (Å²) in [7, 11) is -3.62. The Morgan fingerprint density at radius 1 is 1.00 bits per heavy atom. The van der Waals surface area contributed by atoms with Crippen molar-refractivity contribution >= 4 is 21.6 Å². The van der Waals surface area contributed by atoms with E-state index in [0.717, 1.165) is 36.8 Å². The van der Waals surface area contributed by atoms with Crippen LogP contribution < -0.4 is 10.0 Å². The van der Waals surface area contributed by atoms with E-state index in [1.807, 2.05) is 32.0 Å². The zero-order valence-electron chi connectivity index (χ0n) is 15.1. The van der Waals surface area contributed by atoms with Crippen molar-refractivity contribution in [2.45, 2.75) is 50.5 Å². The van der Waals surface area contributed by atoms with Crippen molar-refractivity contribution in [2.24, 2.45) is 0 Å². The number of carbonyl (C=O) groups excluding carboxylic acids is 1. The third kappa shape index (κ3) is 4.51. The fourth-order valence-corrected chi connectivity index (χ4v) is 4.74. The lowest BCUT2D eigenvalue weighted by Crippen LogP contribution is -2.32. The second-order valence-electron chi connectivity index (χ2n) is 6.96. The van der Waals surface area contributed by atoms with Gasteiger partial charge in [-0.25, -0.2) is 13.1 Å². The summed E-state index contributed by atoms with van der Waals surface area (Å²) in [5.41, 5.74) is 3.12. The Bertz CT molecular complexity index is 896. The van der Waals surface area contributed by atoms with E-state index in [9.17, 15) is 13.2 Å². The van der Waals surface area contributed by atoms with E-state index in [1.165, 1.54) is 12.1 Å². The SMILES string of the molecule is Cc1cc(C)cc(NC(=O)c2cccc(S(=O)(=O)NC3CCCC3)c2)c1. The van der Waals surface area contributed by atoms with Gasteiger partial charge in [0.25, 0.3) is 5.91 Å². The Kier molecular flexibility index (Phi) is 5.44. The van der Waals surface area contributed by atoms with Gasteiger partial charge < -0.3 is 5.32 Å². The van der Waals surface area contributed by atoms with Crippen LogP contribution in [0.1, 0.15) is 47.2 Å². The normalized spacial score (nSPS) is 15.2. The number of rotatable bonds is 5. The average molecular weight is 372 g/mol. The van der Waals surface area contributed by atoms with Crippen molar-refractivity contribution in [1.82, 2.24) is 4.72 Å². The van der Waals surface area contributed by atoms with Crippen LogP contribution in [0.25, 0.3) is 0 Å². The second-order valence-corrected chi connectivity index (χ2v) is 8.67. The molecule has 0 heterocycles. The molecular weight excluding hydrogens is 348 g/mol. The Morgan fingerprint density at radius 2 is 1.65 bits per heavy atom. The summed E-state index contributed by atoms with van der Waals surface area (Å²) < 4.78 is 27.9. The maximum atomic E-state index is 12.6. The number of amides is 1. The lowest BCUT2D eigenvalue weighted by molar-refractivity contribution is 0.102. The van der Waals surface area contributed by atoms with Gasteiger partial charge in [-0.15, -0.1) is 0 Å². The summed E-state index contributed by atoms with van der Waals surface area (Å²) in [6.07, 6.45) is 3.83. The molecule has 2 aromatic rings. The van der Waals surface area contributed by atoms with Crippen LogP contribution in [0.2, 0.25) is 0 Å². The van der Waals surface area contributed by atoms with Crippen molar-refractivity contribution in [3.63, 3.8) is 0 Å². The van der Waals surface area contributed by atoms with Gasteiger partial charge in [-0.05, 0) is 68.1 Å². The van der Waals surface area contributed by atoms with Crippen LogP contribution >= 0.6 is 0 Å². The maximum absolute atomic E-state index is 12.6. The predicted octanol–water partition coefficient (Wildman–Crippen LogP) is 3.78. The molecule has 5 nitrogen and oxygen atoms in total. The number of hydrogen-bond donors (Lipinski definition) is 2. The lowest BCUT2D eigenvalue weighted by atomic mass is 10.1. The summed E-state index contributed by atoms with van der Waals surface area (Å²) in [6, 6.07) is 11.9. The third-order valence-corrected chi connectivity index (χ3v) is 6.08. The maximum Gasteiger partial charge on any atom is 0.255 e. The molecule has 0 bridgehead atoms. The average Bonchev–Trinajstić information content (AvgIpc) is 3.06. The van der Waals surface area contributed by atoms with E-state index in [1.54, 1.807) is 12.1 Å². The molecular formula is C20H24N2O3S. The number of benzene rings is 2. The predicted molar refractivity (Wildman–Crippen MR) is 103 cm³/mol. The standard InChI is InChI=1S/C20H24N2O3S/c1-14-10-15(2)12-18(11-14)21-20(23)16-6-5-9-19(13-16)26(24,25)22-17-7-3-4-8-17/h5-6,9-13,17,22H,3-4,7-8H2,1-2H3,(H,21,23). The van der Waals surface area contributed by atoms with Crippen molar-refractivity contribution in [2.75, 3.05) is 5.32 Å². The fraction of sp³-hybridized carbons (Fsp3) is 0.350. The van der Waals surface area contributed by atoms with Gasteiger partial charge in [-0.3, -0.25) is 4.79 Å². The van der Waals surface area contributed by atoms with E-state index in [4.69, 9.17) is 0 Å². The quantitative estimate of drug-likeness (QED) is 0.839. The van der Waals surface area contributed by atoms with Crippen LogP contribution in [0, 0.1) is 13.8 Å². The van der Waals surface area contributed by atoms with Crippen molar-refractivity contribution in [3.8, 4) is 0 Å². The molecule has 1 fully saturated rings. The van der Waals surface area contributed by atoms with Crippen LogP contribution in [-0.2, 0) is 10.0 Å². The topological polar surface area (TPSA) is 75.3 Å². The first-order chi connectivity index (χ1) is 12.3. The van der Waals surface area contributed by atoms with E-state index < -0.39 is 10.0 Å². The Hall–Kier alpha value is -2.18. The first-order valence-corrected chi connectivity index (χ1v) is 10.3. The molecule has 0 radical (unpaired) electrons. The van der Waals surface area contributed by atoms with Crippen LogP contribution in [-0.4, -0.2) is 20.4 Å². The monoisotopic (exact) mass is 372 g/mol. The molecule has 3 rings (SSSR count). The van der Waals surface area contributed by atoms with E-state index in [2.05, 4.69) is 10.0 Å². The Balaban J connectivity index is 1.78. The highest BCUT2D eigenvalue weighted by atomic mass is 32.2. The smallest absolute Gasteiger partial charge is 0.255 e. The third-order valence-electron chi connectivity index (χ3n) is 4.56. The van der Waals surface area contributed by atoms with E-state index in [0.29, 0.717) is 11.3 Å². The minimum atomic E-state index is -3.62. The van der Waals surface area contributed by atoms with Gasteiger partial charge in [0.05, 0.1) is 4.90 Å². The van der Waals surface area contributed by atoms with Crippen LogP contribution in [0.3, 0.4) is 0 Å². The van der Waals surface area contributed by atoms with Gasteiger partial charge in [0.15, 0.2) is 0 Å². The molecule has 1 amide bonds. The molecule has 1 saturated carbocycles. The van der Waals surface area contributed by atoms with Crippen molar-refractivity contribution < 1.29 is 13.2 Å². The van der Waals surface area contributed by atoms with E-state index >= 15 is 0 Å². The van der Waals surface area contributed by atoms with Gasteiger partial charge in [-0.1, -0.05) is 25.0 Å². The van der Waals surface area contributed by atoms with Gasteiger partial charge in [0.2, 0.25) is 10.0 Å². The summed E-state index contributed by atoms with van der Waals surface area (Å²) in [4.78, 5) is 12.7. The molecule has 0 aliphatic heterocycles. The van der Waals surface area contributed by atoms with Crippen molar-refractivity contribution in [3.05, 3.63) is 59.2 Å². The zero-order chi connectivity index (χ0) is 18.7.